The molecule has 140 valence electrons. The molecular formula is C22H41NO. The lowest BCUT2D eigenvalue weighted by Gasteiger charge is -2.42. The number of hydrogen-bond donors (Lipinski definition) is 1. The quantitative estimate of drug-likeness (QED) is 0.663. The molecule has 0 spiro atoms. The van der Waals surface area contributed by atoms with Gasteiger partial charge in [-0.2, -0.15) is 0 Å². The van der Waals surface area contributed by atoms with Gasteiger partial charge in [0.2, 0.25) is 0 Å². The van der Waals surface area contributed by atoms with Crippen molar-refractivity contribution in [3.05, 3.63) is 12.2 Å². The Labute approximate surface area is 150 Å². The van der Waals surface area contributed by atoms with Crippen molar-refractivity contribution in [3.63, 3.8) is 0 Å². The number of allylic oxidation sites excluding steroid dienone is 2. The first-order chi connectivity index (χ1) is 10.8. The molecule has 1 aliphatic rings. The lowest BCUT2D eigenvalue weighted by atomic mass is 9.66. The fraction of sp³-hybridized carbons (Fsp3) is 0.864. The van der Waals surface area contributed by atoms with Gasteiger partial charge in [-0.15, -0.1) is 0 Å². The molecule has 24 heavy (non-hydrogen) atoms. The number of carbonyl (C=O) groups is 1. The highest BCUT2D eigenvalue weighted by Gasteiger charge is 2.41. The summed E-state index contributed by atoms with van der Waals surface area (Å²) in [5.74, 6) is 0.291. The van der Waals surface area contributed by atoms with Crippen LogP contribution in [0.5, 0.6) is 0 Å². The summed E-state index contributed by atoms with van der Waals surface area (Å²) in [5, 5.41) is 3.82. The van der Waals surface area contributed by atoms with Gasteiger partial charge in [0.1, 0.15) is 5.78 Å². The van der Waals surface area contributed by atoms with E-state index < -0.39 is 0 Å². The first kappa shape index (κ1) is 21.4. The Kier molecular flexibility index (Phi) is 6.53. The summed E-state index contributed by atoms with van der Waals surface area (Å²) in [6.07, 6.45) is 8.84. The average molecular weight is 336 g/mol. The molecule has 3 atom stereocenters. The fourth-order valence-corrected chi connectivity index (χ4v) is 4.65. The van der Waals surface area contributed by atoms with Gasteiger partial charge in [-0.05, 0) is 62.7 Å². The molecule has 1 N–H and O–H groups in total. The molecule has 0 radical (unpaired) electrons. The van der Waals surface area contributed by atoms with E-state index in [0.717, 1.165) is 32.2 Å². The molecule has 0 bridgehead atoms. The van der Waals surface area contributed by atoms with Gasteiger partial charge in [-0.25, -0.2) is 0 Å². The molecule has 0 aromatic rings. The second kappa shape index (κ2) is 7.32. The molecule has 0 saturated carbocycles. The van der Waals surface area contributed by atoms with Crippen LogP contribution in [0.3, 0.4) is 0 Å². The predicted molar refractivity (Wildman–Crippen MR) is 105 cm³/mol. The molecule has 1 rings (SSSR count). The molecule has 0 aromatic carbocycles. The molecule has 0 fully saturated rings. The van der Waals surface area contributed by atoms with Crippen molar-refractivity contribution < 1.29 is 4.79 Å². The molecule has 0 amide bonds. The second-order valence-corrected chi connectivity index (χ2v) is 10.2. The Balaban J connectivity index is 3.39. The Morgan fingerprint density at radius 1 is 1.04 bits per heavy atom. The summed E-state index contributed by atoms with van der Waals surface area (Å²) < 4.78 is 0. The van der Waals surface area contributed by atoms with Crippen LogP contribution >= 0.6 is 0 Å². The van der Waals surface area contributed by atoms with Crippen molar-refractivity contribution in [2.45, 2.75) is 93.5 Å². The summed E-state index contributed by atoms with van der Waals surface area (Å²) in [6, 6.07) is 0. The van der Waals surface area contributed by atoms with Crippen molar-refractivity contribution in [2.75, 3.05) is 6.54 Å². The first-order valence-electron chi connectivity index (χ1n) is 9.73. The zero-order valence-electron chi connectivity index (χ0n) is 17.7. The highest BCUT2D eigenvalue weighted by atomic mass is 16.1. The normalized spacial score (nSPS) is 36.8. The van der Waals surface area contributed by atoms with E-state index in [9.17, 15) is 4.79 Å². The summed E-state index contributed by atoms with van der Waals surface area (Å²) >= 11 is 0. The lowest BCUT2D eigenvalue weighted by Crippen LogP contribution is -2.49. The molecule has 0 saturated heterocycles. The maximum Gasteiger partial charge on any atom is 0.137 e. The minimum Gasteiger partial charge on any atom is -0.311 e. The van der Waals surface area contributed by atoms with Gasteiger partial charge in [-0.1, -0.05) is 53.7 Å². The predicted octanol–water partition coefficient (Wildman–Crippen LogP) is 5.77. The maximum absolute atomic E-state index is 12.5. The lowest BCUT2D eigenvalue weighted by molar-refractivity contribution is -0.123. The maximum atomic E-state index is 12.5. The Morgan fingerprint density at radius 3 is 2.08 bits per heavy atom. The van der Waals surface area contributed by atoms with E-state index in [1.165, 1.54) is 0 Å². The van der Waals surface area contributed by atoms with Gasteiger partial charge >= 0.3 is 0 Å². The minimum atomic E-state index is -0.0119. The molecule has 1 heterocycles. The fourth-order valence-electron chi connectivity index (χ4n) is 4.65. The van der Waals surface area contributed by atoms with Crippen LogP contribution in [0.4, 0.5) is 0 Å². The van der Waals surface area contributed by atoms with Crippen LogP contribution in [0.25, 0.3) is 0 Å². The highest BCUT2D eigenvalue weighted by Crippen LogP contribution is 2.44. The standard InChI is InChI=1S/C22H41NO/c1-10-21(8)13-12-18(17(3)24)22(9,11-2)15-20(6,7)23-16-19(4,5)14-21/h12-13,18,23H,10-11,14-16H2,1-9H3/t18?,21-,22-/m1/s1. The smallest absolute Gasteiger partial charge is 0.137 e. The van der Waals surface area contributed by atoms with Crippen LogP contribution in [-0.4, -0.2) is 17.9 Å². The zero-order chi connectivity index (χ0) is 18.8. The van der Waals surface area contributed by atoms with E-state index in [2.05, 4.69) is 72.9 Å². The number of Topliss-reactive ketones (excluding diaryl/α,β-unsaturated/α-hetero) is 1. The van der Waals surface area contributed by atoms with Crippen molar-refractivity contribution in [2.24, 2.45) is 22.2 Å². The van der Waals surface area contributed by atoms with E-state index in [1.54, 1.807) is 6.92 Å². The van der Waals surface area contributed by atoms with Crippen molar-refractivity contribution >= 4 is 5.78 Å². The topological polar surface area (TPSA) is 29.1 Å². The number of hydrogen-bond acceptors (Lipinski definition) is 2. The molecule has 2 heteroatoms. The summed E-state index contributed by atoms with van der Waals surface area (Å²) in [7, 11) is 0. The zero-order valence-corrected chi connectivity index (χ0v) is 17.7. The third kappa shape index (κ3) is 5.44. The van der Waals surface area contributed by atoms with Gasteiger partial charge < -0.3 is 5.32 Å². The van der Waals surface area contributed by atoms with Gasteiger partial charge in [0.25, 0.3) is 0 Å². The SMILES string of the molecule is CC[C@]1(C)C=CC(C(C)=O)[C@](C)(CC)CC(C)(C)NCC(C)(C)C1. The monoisotopic (exact) mass is 335 g/mol. The minimum absolute atomic E-state index is 0.00402. The van der Waals surface area contributed by atoms with Crippen LogP contribution in [-0.2, 0) is 4.79 Å². The van der Waals surface area contributed by atoms with Crippen LogP contribution in [0.2, 0.25) is 0 Å². The van der Waals surface area contributed by atoms with E-state index in [-0.39, 0.29) is 27.7 Å². The van der Waals surface area contributed by atoms with Gasteiger partial charge in [0.15, 0.2) is 0 Å². The molecule has 1 aliphatic heterocycles. The van der Waals surface area contributed by atoms with Gasteiger partial charge in [0, 0.05) is 18.0 Å². The molecule has 0 aromatic heterocycles. The summed E-state index contributed by atoms with van der Waals surface area (Å²) in [4.78, 5) is 12.5. The Hall–Kier alpha value is -0.630. The number of rotatable bonds is 3. The van der Waals surface area contributed by atoms with E-state index in [0.29, 0.717) is 5.78 Å². The van der Waals surface area contributed by atoms with Crippen LogP contribution in [0.1, 0.15) is 88.0 Å². The van der Waals surface area contributed by atoms with Crippen LogP contribution in [0.15, 0.2) is 12.2 Å². The Bertz CT molecular complexity index is 476. The van der Waals surface area contributed by atoms with Crippen molar-refractivity contribution in [1.82, 2.24) is 5.32 Å². The molecule has 2 nitrogen and oxygen atoms in total. The number of ketones is 1. The third-order valence-corrected chi connectivity index (χ3v) is 6.27. The third-order valence-electron chi connectivity index (χ3n) is 6.27. The molecule has 0 aliphatic carbocycles. The first-order valence-corrected chi connectivity index (χ1v) is 9.73. The molecule has 1 unspecified atom stereocenters. The largest absolute Gasteiger partial charge is 0.311 e. The van der Waals surface area contributed by atoms with Gasteiger partial charge in [0.05, 0.1) is 0 Å². The second-order valence-electron chi connectivity index (χ2n) is 10.2. The number of carbonyl (C=O) groups excluding carboxylic acids is 1. The van der Waals surface area contributed by atoms with E-state index in [4.69, 9.17) is 0 Å². The summed E-state index contributed by atoms with van der Waals surface area (Å²) in [6.45, 7) is 21.2. The average Bonchev–Trinajstić information content (AvgIpc) is 2.44. The van der Waals surface area contributed by atoms with Crippen molar-refractivity contribution in [3.8, 4) is 0 Å². The van der Waals surface area contributed by atoms with E-state index in [1.807, 2.05) is 0 Å². The van der Waals surface area contributed by atoms with Crippen molar-refractivity contribution in [1.29, 1.82) is 0 Å². The summed E-state index contributed by atoms with van der Waals surface area (Å²) in [5.41, 5.74) is 0.381. The van der Waals surface area contributed by atoms with Gasteiger partial charge in [-0.3, -0.25) is 4.79 Å². The molecular weight excluding hydrogens is 294 g/mol. The van der Waals surface area contributed by atoms with Crippen LogP contribution < -0.4 is 5.32 Å². The number of nitrogens with one attached hydrogen (secondary N) is 1. The Morgan fingerprint density at radius 2 is 1.62 bits per heavy atom. The highest BCUT2D eigenvalue weighted by molar-refractivity contribution is 5.81. The van der Waals surface area contributed by atoms with Crippen LogP contribution in [0, 0.1) is 22.2 Å². The van der Waals surface area contributed by atoms with E-state index >= 15 is 0 Å².